The summed E-state index contributed by atoms with van der Waals surface area (Å²) < 4.78 is 0. The smallest absolute Gasteiger partial charge is 0.267 e. The van der Waals surface area contributed by atoms with Gasteiger partial charge in [0.15, 0.2) is 5.13 Å². The maximum atomic E-state index is 12.9. The van der Waals surface area contributed by atoms with E-state index in [-0.39, 0.29) is 24.3 Å². The third-order valence-corrected chi connectivity index (χ3v) is 6.54. The number of aromatic nitrogens is 1. The van der Waals surface area contributed by atoms with Gasteiger partial charge in [0.05, 0.1) is 27.0 Å². The average molecular weight is 468 g/mol. The van der Waals surface area contributed by atoms with Crippen molar-refractivity contribution in [2.24, 2.45) is 0 Å². The summed E-state index contributed by atoms with van der Waals surface area (Å²) in [7, 11) is 0. The van der Waals surface area contributed by atoms with Crippen LogP contribution < -0.4 is 5.32 Å². The highest BCUT2D eigenvalue weighted by atomic mass is 35.5. The van der Waals surface area contributed by atoms with Crippen molar-refractivity contribution in [3.63, 3.8) is 0 Å². The van der Waals surface area contributed by atoms with E-state index < -0.39 is 0 Å². The van der Waals surface area contributed by atoms with E-state index in [1.165, 1.54) is 22.7 Å². The first-order chi connectivity index (χ1) is 13.8. The van der Waals surface area contributed by atoms with Gasteiger partial charge in [-0.05, 0) is 43.0 Å². The van der Waals surface area contributed by atoms with Gasteiger partial charge < -0.3 is 4.90 Å². The molecule has 1 aromatic carbocycles. The minimum Gasteiger partial charge on any atom is -0.336 e. The van der Waals surface area contributed by atoms with Crippen molar-refractivity contribution in [1.29, 1.82) is 0 Å². The second-order valence-corrected chi connectivity index (χ2v) is 9.24. The number of benzene rings is 1. The SMILES string of the molecule is CC(C)N(Cc1ccc(Cl)c(Cl)c1)C(=O)Cc1csc(NC(=O)c2cccs2)n1. The van der Waals surface area contributed by atoms with Crippen LogP contribution in [0.3, 0.4) is 0 Å². The Morgan fingerprint density at radius 1 is 1.17 bits per heavy atom. The maximum absolute atomic E-state index is 12.9. The lowest BCUT2D eigenvalue weighted by molar-refractivity contribution is -0.132. The number of thiophene rings is 1. The van der Waals surface area contributed by atoms with Gasteiger partial charge in [-0.3, -0.25) is 14.9 Å². The molecule has 0 saturated heterocycles. The van der Waals surface area contributed by atoms with Gasteiger partial charge in [-0.2, -0.15) is 0 Å². The Labute approximate surface area is 187 Å². The lowest BCUT2D eigenvalue weighted by Crippen LogP contribution is -2.37. The molecular weight excluding hydrogens is 449 g/mol. The lowest BCUT2D eigenvalue weighted by Gasteiger charge is -2.27. The molecule has 2 heterocycles. The summed E-state index contributed by atoms with van der Waals surface area (Å²) in [5.41, 5.74) is 1.53. The Morgan fingerprint density at radius 2 is 1.97 bits per heavy atom. The molecule has 1 N–H and O–H groups in total. The van der Waals surface area contributed by atoms with Crippen molar-refractivity contribution in [3.05, 3.63) is 67.3 Å². The largest absolute Gasteiger partial charge is 0.336 e. The summed E-state index contributed by atoms with van der Waals surface area (Å²) in [4.78, 5) is 31.8. The molecule has 0 radical (unpaired) electrons. The fraction of sp³-hybridized carbons (Fsp3) is 0.250. The number of rotatable bonds is 7. The highest BCUT2D eigenvalue weighted by Gasteiger charge is 2.20. The number of carbonyl (C=O) groups is 2. The molecule has 9 heteroatoms. The third-order valence-electron chi connectivity index (χ3n) is 4.13. The number of hydrogen-bond donors (Lipinski definition) is 1. The summed E-state index contributed by atoms with van der Waals surface area (Å²) >= 11 is 14.7. The average Bonchev–Trinajstić information content (AvgIpc) is 3.34. The highest BCUT2D eigenvalue weighted by Crippen LogP contribution is 2.24. The number of nitrogens with zero attached hydrogens (tertiary/aromatic N) is 2. The Balaban J connectivity index is 1.64. The van der Waals surface area contributed by atoms with Gasteiger partial charge in [0, 0.05) is 18.0 Å². The number of carbonyl (C=O) groups excluding carboxylic acids is 2. The molecule has 2 aromatic heterocycles. The molecule has 152 valence electrons. The van der Waals surface area contributed by atoms with Crippen molar-refractivity contribution in [1.82, 2.24) is 9.88 Å². The minimum absolute atomic E-state index is 0.00795. The molecule has 0 unspecified atom stereocenters. The highest BCUT2D eigenvalue weighted by molar-refractivity contribution is 7.14. The molecule has 0 saturated carbocycles. The quantitative estimate of drug-likeness (QED) is 0.481. The monoisotopic (exact) mass is 467 g/mol. The van der Waals surface area contributed by atoms with Crippen molar-refractivity contribution in [3.8, 4) is 0 Å². The summed E-state index contributed by atoms with van der Waals surface area (Å²) in [6.45, 7) is 4.35. The summed E-state index contributed by atoms with van der Waals surface area (Å²) in [5.74, 6) is -0.247. The number of anilines is 1. The Hall–Kier alpha value is -1.93. The van der Waals surface area contributed by atoms with Gasteiger partial charge in [0.2, 0.25) is 5.91 Å². The topological polar surface area (TPSA) is 62.3 Å². The van der Waals surface area contributed by atoms with E-state index in [1.807, 2.05) is 31.4 Å². The second-order valence-electron chi connectivity index (χ2n) is 6.62. The van der Waals surface area contributed by atoms with Gasteiger partial charge in [-0.25, -0.2) is 4.98 Å². The van der Waals surface area contributed by atoms with Crippen molar-refractivity contribution in [2.45, 2.75) is 32.9 Å². The summed E-state index contributed by atoms with van der Waals surface area (Å²) in [6.07, 6.45) is 0.158. The van der Waals surface area contributed by atoms with Crippen LogP contribution in [-0.2, 0) is 17.8 Å². The van der Waals surface area contributed by atoms with Gasteiger partial charge in [0.1, 0.15) is 0 Å². The van der Waals surface area contributed by atoms with Crippen molar-refractivity contribution < 1.29 is 9.59 Å². The van der Waals surface area contributed by atoms with Crippen LogP contribution in [0.4, 0.5) is 5.13 Å². The Morgan fingerprint density at radius 3 is 2.62 bits per heavy atom. The second kappa shape index (κ2) is 9.71. The first kappa shape index (κ1) is 21.8. The predicted octanol–water partition coefficient (Wildman–Crippen LogP) is 5.74. The first-order valence-electron chi connectivity index (χ1n) is 8.86. The fourth-order valence-electron chi connectivity index (χ4n) is 2.66. The van der Waals surface area contributed by atoms with E-state index in [0.717, 1.165) is 5.56 Å². The van der Waals surface area contributed by atoms with Crippen LogP contribution in [0.5, 0.6) is 0 Å². The van der Waals surface area contributed by atoms with Crippen LogP contribution in [0, 0.1) is 0 Å². The van der Waals surface area contributed by atoms with E-state index in [1.54, 1.807) is 28.5 Å². The molecule has 29 heavy (non-hydrogen) atoms. The molecule has 0 aliphatic rings. The van der Waals surface area contributed by atoms with Gasteiger partial charge >= 0.3 is 0 Å². The van der Waals surface area contributed by atoms with Crippen molar-refractivity contribution >= 4 is 62.8 Å². The number of thiazole rings is 1. The Kier molecular flexibility index (Phi) is 7.29. The van der Waals surface area contributed by atoms with Gasteiger partial charge in [-0.15, -0.1) is 22.7 Å². The number of hydrogen-bond acceptors (Lipinski definition) is 5. The standard InChI is InChI=1S/C20H19Cl2N3O2S2/c1-12(2)25(10-13-5-6-15(21)16(22)8-13)18(26)9-14-11-29-20(23-14)24-19(27)17-4-3-7-28-17/h3-8,11-12H,9-10H2,1-2H3,(H,23,24,27). The lowest BCUT2D eigenvalue weighted by atomic mass is 10.1. The van der Waals surface area contributed by atoms with Crippen LogP contribution in [0.25, 0.3) is 0 Å². The van der Waals surface area contributed by atoms with Crippen LogP contribution in [0.15, 0.2) is 41.1 Å². The number of amides is 2. The van der Waals surface area contributed by atoms with Gasteiger partial charge in [-0.1, -0.05) is 35.3 Å². The molecule has 3 rings (SSSR count). The molecule has 0 aliphatic heterocycles. The van der Waals surface area contributed by atoms with Crippen molar-refractivity contribution in [2.75, 3.05) is 5.32 Å². The van der Waals surface area contributed by atoms with Crippen LogP contribution >= 0.6 is 45.9 Å². The van der Waals surface area contributed by atoms with Crippen LogP contribution in [-0.4, -0.2) is 27.7 Å². The Bertz CT molecular complexity index is 1000. The molecule has 0 atom stereocenters. The van der Waals surface area contributed by atoms with Gasteiger partial charge in [0.25, 0.3) is 5.91 Å². The first-order valence-corrected chi connectivity index (χ1v) is 11.4. The molecule has 0 bridgehead atoms. The molecule has 0 spiro atoms. The fourth-order valence-corrected chi connectivity index (χ4v) is 4.31. The zero-order chi connectivity index (χ0) is 21.0. The van der Waals surface area contributed by atoms with E-state index in [2.05, 4.69) is 10.3 Å². The predicted molar refractivity (Wildman–Crippen MR) is 120 cm³/mol. The molecular formula is C20H19Cl2N3O2S2. The molecule has 3 aromatic rings. The summed E-state index contributed by atoms with van der Waals surface area (Å²) in [6, 6.07) is 8.94. The number of halogens is 2. The number of nitrogens with one attached hydrogen (secondary N) is 1. The minimum atomic E-state index is -0.198. The molecule has 5 nitrogen and oxygen atoms in total. The third kappa shape index (κ3) is 5.79. The normalized spacial score (nSPS) is 10.9. The van der Waals surface area contributed by atoms with Crippen LogP contribution in [0.2, 0.25) is 10.0 Å². The van der Waals surface area contributed by atoms with E-state index in [9.17, 15) is 9.59 Å². The zero-order valence-electron chi connectivity index (χ0n) is 15.8. The van der Waals surface area contributed by atoms with E-state index >= 15 is 0 Å². The molecule has 2 amide bonds. The van der Waals surface area contributed by atoms with E-state index in [4.69, 9.17) is 23.2 Å². The van der Waals surface area contributed by atoms with Crippen LogP contribution in [0.1, 0.15) is 34.8 Å². The molecule has 0 aliphatic carbocycles. The molecule has 0 fully saturated rings. The zero-order valence-corrected chi connectivity index (χ0v) is 19.0. The van der Waals surface area contributed by atoms with E-state index in [0.29, 0.717) is 32.3 Å². The summed E-state index contributed by atoms with van der Waals surface area (Å²) in [5, 5.41) is 7.83. The maximum Gasteiger partial charge on any atom is 0.267 e.